The van der Waals surface area contributed by atoms with Gasteiger partial charge in [-0.25, -0.2) is 4.98 Å². The normalized spacial score (nSPS) is 17.2. The van der Waals surface area contributed by atoms with Crippen molar-refractivity contribution >= 4 is 16.6 Å². The lowest BCUT2D eigenvalue weighted by Crippen LogP contribution is -2.36. The van der Waals surface area contributed by atoms with E-state index < -0.39 is 0 Å². The molecule has 1 aromatic carbocycles. The summed E-state index contributed by atoms with van der Waals surface area (Å²) in [5, 5.41) is 15.4. The molecule has 1 saturated heterocycles. The zero-order chi connectivity index (χ0) is 14.5. The van der Waals surface area contributed by atoms with Crippen LogP contribution in [0.4, 0.5) is 5.82 Å². The van der Waals surface area contributed by atoms with Crippen LogP contribution in [0.2, 0.25) is 0 Å². The fourth-order valence-corrected chi connectivity index (χ4v) is 2.91. The van der Waals surface area contributed by atoms with Crippen LogP contribution >= 0.6 is 0 Å². The highest BCUT2D eigenvalue weighted by atomic mass is 16.3. The molecule has 3 rings (SSSR count). The summed E-state index contributed by atoms with van der Waals surface area (Å²) in [6, 6.07) is 10.4. The first-order chi connectivity index (χ1) is 10.3. The number of aliphatic hydroxyl groups excluding tert-OH is 1. The molecule has 0 unspecified atom stereocenters. The molecule has 4 nitrogen and oxygen atoms in total. The van der Waals surface area contributed by atoms with Crippen LogP contribution in [0.15, 0.2) is 36.5 Å². The van der Waals surface area contributed by atoms with Crippen molar-refractivity contribution in [3.05, 3.63) is 36.5 Å². The Morgan fingerprint density at radius 3 is 2.86 bits per heavy atom. The number of pyridine rings is 1. The van der Waals surface area contributed by atoms with Gasteiger partial charge in [-0.1, -0.05) is 24.3 Å². The van der Waals surface area contributed by atoms with Gasteiger partial charge in [-0.05, 0) is 37.3 Å². The lowest BCUT2D eigenvalue weighted by Gasteiger charge is -2.29. The van der Waals surface area contributed by atoms with Crippen molar-refractivity contribution in [1.82, 2.24) is 9.88 Å². The van der Waals surface area contributed by atoms with Crippen molar-refractivity contribution in [3.8, 4) is 0 Å². The van der Waals surface area contributed by atoms with E-state index in [0.717, 1.165) is 51.3 Å². The molecule has 1 aliphatic heterocycles. The van der Waals surface area contributed by atoms with E-state index in [1.165, 1.54) is 10.8 Å². The maximum Gasteiger partial charge on any atom is 0.133 e. The SMILES string of the molecule is OC1CCN(CCCNc2nccc3ccccc23)CC1. The Bertz CT molecular complexity index is 574. The number of likely N-dealkylation sites (tertiary alicyclic amines) is 1. The molecule has 112 valence electrons. The zero-order valence-corrected chi connectivity index (χ0v) is 12.3. The molecule has 2 aromatic rings. The van der Waals surface area contributed by atoms with Crippen LogP contribution in [-0.4, -0.2) is 47.3 Å². The molecule has 0 spiro atoms. The summed E-state index contributed by atoms with van der Waals surface area (Å²) >= 11 is 0. The summed E-state index contributed by atoms with van der Waals surface area (Å²) < 4.78 is 0. The van der Waals surface area contributed by atoms with Crippen LogP contribution in [0, 0.1) is 0 Å². The van der Waals surface area contributed by atoms with Crippen molar-refractivity contribution in [2.45, 2.75) is 25.4 Å². The van der Waals surface area contributed by atoms with E-state index in [-0.39, 0.29) is 6.10 Å². The van der Waals surface area contributed by atoms with Crippen LogP contribution in [0.25, 0.3) is 10.8 Å². The Hall–Kier alpha value is -1.65. The van der Waals surface area contributed by atoms with E-state index in [0.29, 0.717) is 0 Å². The van der Waals surface area contributed by atoms with Crippen molar-refractivity contribution in [1.29, 1.82) is 0 Å². The smallest absolute Gasteiger partial charge is 0.133 e. The third-order valence-electron chi connectivity index (χ3n) is 4.17. The van der Waals surface area contributed by atoms with Gasteiger partial charge in [0.05, 0.1) is 6.10 Å². The molecule has 0 saturated carbocycles. The Balaban J connectivity index is 1.48. The number of benzene rings is 1. The second-order valence-electron chi connectivity index (χ2n) is 5.73. The summed E-state index contributed by atoms with van der Waals surface area (Å²) in [6.07, 6.45) is 4.70. The standard InChI is InChI=1S/C17H23N3O/c21-15-7-12-20(13-8-15)11-3-9-18-17-16-5-2-1-4-14(16)6-10-19-17/h1-2,4-6,10,15,21H,3,7-9,11-13H2,(H,18,19). The average Bonchev–Trinajstić information content (AvgIpc) is 2.53. The molecule has 0 amide bonds. The van der Waals surface area contributed by atoms with Gasteiger partial charge in [0.1, 0.15) is 5.82 Å². The zero-order valence-electron chi connectivity index (χ0n) is 12.3. The monoisotopic (exact) mass is 285 g/mol. The molecule has 4 heteroatoms. The Morgan fingerprint density at radius 1 is 1.19 bits per heavy atom. The lowest BCUT2D eigenvalue weighted by atomic mass is 10.1. The number of rotatable bonds is 5. The van der Waals surface area contributed by atoms with Gasteiger partial charge in [0, 0.05) is 31.2 Å². The first-order valence-electron chi connectivity index (χ1n) is 7.81. The maximum atomic E-state index is 9.50. The van der Waals surface area contributed by atoms with E-state index in [1.807, 2.05) is 18.3 Å². The molecule has 0 atom stereocenters. The quantitative estimate of drug-likeness (QED) is 0.829. The second-order valence-corrected chi connectivity index (χ2v) is 5.73. The molecule has 0 aliphatic carbocycles. The van der Waals surface area contributed by atoms with Crippen molar-refractivity contribution in [2.24, 2.45) is 0 Å². The highest BCUT2D eigenvalue weighted by Crippen LogP contribution is 2.20. The fourth-order valence-electron chi connectivity index (χ4n) is 2.91. The summed E-state index contributed by atoms with van der Waals surface area (Å²) in [4.78, 5) is 6.88. The summed E-state index contributed by atoms with van der Waals surface area (Å²) in [5.41, 5.74) is 0. The molecule has 0 radical (unpaired) electrons. The number of hydrogen-bond donors (Lipinski definition) is 2. The summed E-state index contributed by atoms with van der Waals surface area (Å²) in [7, 11) is 0. The minimum Gasteiger partial charge on any atom is -0.393 e. The molecule has 1 aromatic heterocycles. The number of piperidine rings is 1. The van der Waals surface area contributed by atoms with Crippen LogP contribution < -0.4 is 5.32 Å². The highest BCUT2D eigenvalue weighted by Gasteiger charge is 2.15. The Kier molecular flexibility index (Phi) is 4.68. The van der Waals surface area contributed by atoms with Crippen molar-refractivity contribution in [2.75, 3.05) is 31.5 Å². The van der Waals surface area contributed by atoms with E-state index in [2.05, 4.69) is 33.4 Å². The molecule has 21 heavy (non-hydrogen) atoms. The van der Waals surface area contributed by atoms with Crippen molar-refractivity contribution in [3.63, 3.8) is 0 Å². The van der Waals surface area contributed by atoms with E-state index in [4.69, 9.17) is 0 Å². The number of aromatic nitrogens is 1. The topological polar surface area (TPSA) is 48.4 Å². The molecule has 1 aliphatic rings. The predicted octanol–water partition coefficient (Wildman–Crippen LogP) is 2.49. The molecule has 0 bridgehead atoms. The average molecular weight is 285 g/mol. The summed E-state index contributed by atoms with van der Waals surface area (Å²) in [6.45, 7) is 4.06. The van der Waals surface area contributed by atoms with Gasteiger partial charge in [-0.2, -0.15) is 0 Å². The van der Waals surface area contributed by atoms with Gasteiger partial charge in [-0.3, -0.25) is 0 Å². The van der Waals surface area contributed by atoms with Crippen LogP contribution in [-0.2, 0) is 0 Å². The molecule has 2 N–H and O–H groups in total. The van der Waals surface area contributed by atoms with Crippen LogP contribution in [0.3, 0.4) is 0 Å². The first kappa shape index (κ1) is 14.3. The second kappa shape index (κ2) is 6.87. The largest absolute Gasteiger partial charge is 0.393 e. The predicted molar refractivity (Wildman–Crippen MR) is 86.5 cm³/mol. The highest BCUT2D eigenvalue weighted by molar-refractivity contribution is 5.91. The van der Waals surface area contributed by atoms with Gasteiger partial charge in [-0.15, -0.1) is 0 Å². The van der Waals surface area contributed by atoms with E-state index in [1.54, 1.807) is 0 Å². The van der Waals surface area contributed by atoms with Gasteiger partial charge >= 0.3 is 0 Å². The summed E-state index contributed by atoms with van der Waals surface area (Å²) in [5.74, 6) is 0.974. The molecule has 1 fully saturated rings. The van der Waals surface area contributed by atoms with Crippen LogP contribution in [0.5, 0.6) is 0 Å². The van der Waals surface area contributed by atoms with Crippen LogP contribution in [0.1, 0.15) is 19.3 Å². The fraction of sp³-hybridized carbons (Fsp3) is 0.471. The molecule has 2 heterocycles. The third-order valence-corrected chi connectivity index (χ3v) is 4.17. The molecular formula is C17H23N3O. The van der Waals surface area contributed by atoms with Crippen molar-refractivity contribution < 1.29 is 5.11 Å². The lowest BCUT2D eigenvalue weighted by molar-refractivity contribution is 0.0825. The number of nitrogens with one attached hydrogen (secondary N) is 1. The van der Waals surface area contributed by atoms with Gasteiger partial charge in [0.25, 0.3) is 0 Å². The van der Waals surface area contributed by atoms with Gasteiger partial charge in [0.2, 0.25) is 0 Å². The Labute approximate surface area is 125 Å². The Morgan fingerprint density at radius 2 is 2.00 bits per heavy atom. The van der Waals surface area contributed by atoms with E-state index >= 15 is 0 Å². The number of fused-ring (bicyclic) bond motifs is 1. The number of hydrogen-bond acceptors (Lipinski definition) is 4. The van der Waals surface area contributed by atoms with Gasteiger partial charge < -0.3 is 15.3 Å². The minimum absolute atomic E-state index is 0.0840. The number of aliphatic hydroxyl groups is 1. The molecular weight excluding hydrogens is 262 g/mol. The maximum absolute atomic E-state index is 9.50. The first-order valence-corrected chi connectivity index (χ1v) is 7.81. The number of nitrogens with zero attached hydrogens (tertiary/aromatic N) is 2. The minimum atomic E-state index is -0.0840. The van der Waals surface area contributed by atoms with E-state index in [9.17, 15) is 5.11 Å². The third kappa shape index (κ3) is 3.71. The number of anilines is 1. The van der Waals surface area contributed by atoms with Gasteiger partial charge in [0.15, 0.2) is 0 Å².